The number of nitrogens with one attached hydrogen (secondary N) is 1. The van der Waals surface area contributed by atoms with Crippen LogP contribution >= 0.6 is 0 Å². The SMILES string of the molecule is CCCCCCCCNCC(=O)OCCN. The molecule has 96 valence electrons. The van der Waals surface area contributed by atoms with E-state index in [1.165, 1.54) is 32.1 Å². The van der Waals surface area contributed by atoms with Crippen LogP contribution in [0.15, 0.2) is 0 Å². The summed E-state index contributed by atoms with van der Waals surface area (Å²) >= 11 is 0. The summed E-state index contributed by atoms with van der Waals surface area (Å²) in [6, 6.07) is 0. The highest BCUT2D eigenvalue weighted by atomic mass is 16.5. The molecule has 0 aliphatic rings. The van der Waals surface area contributed by atoms with Gasteiger partial charge >= 0.3 is 5.97 Å². The van der Waals surface area contributed by atoms with E-state index in [2.05, 4.69) is 12.2 Å². The number of nitrogens with two attached hydrogens (primary N) is 1. The van der Waals surface area contributed by atoms with Crippen molar-refractivity contribution >= 4 is 5.97 Å². The van der Waals surface area contributed by atoms with Gasteiger partial charge in [-0.1, -0.05) is 39.0 Å². The molecule has 0 fully saturated rings. The second kappa shape index (κ2) is 12.5. The third kappa shape index (κ3) is 11.5. The minimum Gasteiger partial charge on any atom is -0.463 e. The third-order valence-corrected chi connectivity index (χ3v) is 2.36. The minimum atomic E-state index is -0.212. The van der Waals surface area contributed by atoms with Crippen LogP contribution in [0.1, 0.15) is 45.4 Å². The van der Waals surface area contributed by atoms with E-state index in [9.17, 15) is 4.79 Å². The van der Waals surface area contributed by atoms with Crippen LogP contribution in [-0.4, -0.2) is 32.2 Å². The van der Waals surface area contributed by atoms with Gasteiger partial charge in [-0.05, 0) is 13.0 Å². The van der Waals surface area contributed by atoms with Gasteiger partial charge in [0, 0.05) is 6.54 Å². The average molecular weight is 230 g/mol. The van der Waals surface area contributed by atoms with Crippen LogP contribution < -0.4 is 11.1 Å². The largest absolute Gasteiger partial charge is 0.463 e. The fourth-order valence-electron chi connectivity index (χ4n) is 1.44. The molecule has 0 amide bonds. The number of hydrogen-bond donors (Lipinski definition) is 2. The summed E-state index contributed by atoms with van der Waals surface area (Å²) in [7, 11) is 0. The van der Waals surface area contributed by atoms with E-state index < -0.39 is 0 Å². The summed E-state index contributed by atoms with van der Waals surface area (Å²) in [5.41, 5.74) is 5.21. The quantitative estimate of drug-likeness (QED) is 0.416. The van der Waals surface area contributed by atoms with E-state index in [1.807, 2.05) is 0 Å². The summed E-state index contributed by atoms with van der Waals surface area (Å²) in [5.74, 6) is -0.212. The number of unbranched alkanes of at least 4 members (excludes halogenated alkanes) is 5. The lowest BCUT2D eigenvalue weighted by molar-refractivity contribution is -0.142. The Hall–Kier alpha value is -0.610. The van der Waals surface area contributed by atoms with Crippen molar-refractivity contribution in [3.63, 3.8) is 0 Å². The van der Waals surface area contributed by atoms with Crippen LogP contribution in [0.2, 0.25) is 0 Å². The van der Waals surface area contributed by atoms with Gasteiger partial charge in [-0.15, -0.1) is 0 Å². The molecular formula is C12H26N2O2. The Labute approximate surface area is 98.9 Å². The first-order valence-electron chi connectivity index (χ1n) is 6.37. The van der Waals surface area contributed by atoms with Crippen molar-refractivity contribution in [3.05, 3.63) is 0 Å². The summed E-state index contributed by atoms with van der Waals surface area (Å²) in [4.78, 5) is 11.0. The first-order valence-corrected chi connectivity index (χ1v) is 6.37. The van der Waals surface area contributed by atoms with Crippen LogP contribution in [0.4, 0.5) is 0 Å². The molecule has 0 rings (SSSR count). The maximum atomic E-state index is 11.0. The topological polar surface area (TPSA) is 64.3 Å². The van der Waals surface area contributed by atoms with Gasteiger partial charge in [-0.2, -0.15) is 0 Å². The average Bonchev–Trinajstić information content (AvgIpc) is 2.30. The lowest BCUT2D eigenvalue weighted by Gasteiger charge is -2.05. The fraction of sp³-hybridized carbons (Fsp3) is 0.917. The monoisotopic (exact) mass is 230 g/mol. The predicted octanol–water partition coefficient (Wildman–Crippen LogP) is 1.44. The zero-order valence-corrected chi connectivity index (χ0v) is 10.5. The molecule has 0 aromatic rings. The molecule has 0 bridgehead atoms. The van der Waals surface area contributed by atoms with E-state index in [4.69, 9.17) is 10.5 Å². The first kappa shape index (κ1) is 15.4. The highest BCUT2D eigenvalue weighted by molar-refractivity contribution is 5.71. The molecule has 0 aromatic heterocycles. The maximum Gasteiger partial charge on any atom is 0.319 e. The Morgan fingerprint density at radius 1 is 1.19 bits per heavy atom. The minimum absolute atomic E-state index is 0.212. The molecule has 3 N–H and O–H groups in total. The van der Waals surface area contributed by atoms with Crippen molar-refractivity contribution in [2.24, 2.45) is 5.73 Å². The van der Waals surface area contributed by atoms with Gasteiger partial charge in [-0.25, -0.2) is 0 Å². The third-order valence-electron chi connectivity index (χ3n) is 2.36. The first-order chi connectivity index (χ1) is 7.81. The molecule has 4 nitrogen and oxygen atoms in total. The van der Waals surface area contributed by atoms with Crippen LogP contribution in [0.25, 0.3) is 0 Å². The fourth-order valence-corrected chi connectivity index (χ4v) is 1.44. The molecular weight excluding hydrogens is 204 g/mol. The van der Waals surface area contributed by atoms with Crippen LogP contribution in [-0.2, 0) is 9.53 Å². The number of carbonyl (C=O) groups excluding carboxylic acids is 1. The Kier molecular flexibility index (Phi) is 12.0. The van der Waals surface area contributed by atoms with Crippen LogP contribution in [0, 0.1) is 0 Å². The van der Waals surface area contributed by atoms with Crippen molar-refractivity contribution in [1.29, 1.82) is 0 Å². The Balaban J connectivity index is 3.05. The number of carbonyl (C=O) groups is 1. The normalized spacial score (nSPS) is 10.4. The molecule has 0 aliphatic heterocycles. The van der Waals surface area contributed by atoms with E-state index in [0.717, 1.165) is 13.0 Å². The summed E-state index contributed by atoms with van der Waals surface area (Å²) in [6.07, 6.45) is 7.62. The van der Waals surface area contributed by atoms with Crippen molar-refractivity contribution < 1.29 is 9.53 Å². The molecule has 16 heavy (non-hydrogen) atoms. The second-order valence-corrected chi connectivity index (χ2v) is 3.95. The summed E-state index contributed by atoms with van der Waals surface area (Å²) < 4.78 is 4.82. The molecule has 0 aromatic carbocycles. The zero-order valence-electron chi connectivity index (χ0n) is 10.5. The highest BCUT2D eigenvalue weighted by Crippen LogP contribution is 2.03. The Bertz CT molecular complexity index is 163. The van der Waals surface area contributed by atoms with Crippen molar-refractivity contribution in [2.45, 2.75) is 45.4 Å². The molecule has 0 spiro atoms. The van der Waals surface area contributed by atoms with Gasteiger partial charge in [0.05, 0.1) is 6.54 Å². The van der Waals surface area contributed by atoms with Crippen molar-refractivity contribution in [3.8, 4) is 0 Å². The lowest BCUT2D eigenvalue weighted by Crippen LogP contribution is -2.27. The van der Waals surface area contributed by atoms with E-state index in [-0.39, 0.29) is 5.97 Å². The number of ether oxygens (including phenoxy) is 1. The smallest absolute Gasteiger partial charge is 0.319 e. The van der Waals surface area contributed by atoms with Gasteiger partial charge in [0.15, 0.2) is 0 Å². The second-order valence-electron chi connectivity index (χ2n) is 3.95. The van der Waals surface area contributed by atoms with Crippen LogP contribution in [0.3, 0.4) is 0 Å². The number of rotatable bonds is 11. The molecule has 0 saturated heterocycles. The molecule has 4 heteroatoms. The number of esters is 1. The molecule has 0 unspecified atom stereocenters. The van der Waals surface area contributed by atoms with Gasteiger partial charge in [-0.3, -0.25) is 4.79 Å². The summed E-state index contributed by atoms with van der Waals surface area (Å²) in [6.45, 7) is 4.12. The predicted molar refractivity (Wildman–Crippen MR) is 66.3 cm³/mol. The lowest BCUT2D eigenvalue weighted by atomic mass is 10.1. The van der Waals surface area contributed by atoms with Gasteiger partial charge in [0.25, 0.3) is 0 Å². The Morgan fingerprint density at radius 2 is 1.88 bits per heavy atom. The van der Waals surface area contributed by atoms with Crippen molar-refractivity contribution in [2.75, 3.05) is 26.2 Å². The van der Waals surface area contributed by atoms with E-state index >= 15 is 0 Å². The summed E-state index contributed by atoms with van der Waals surface area (Å²) in [5, 5.41) is 3.07. The zero-order chi connectivity index (χ0) is 12.1. The van der Waals surface area contributed by atoms with Gasteiger partial charge < -0.3 is 15.8 Å². The van der Waals surface area contributed by atoms with Crippen molar-refractivity contribution in [1.82, 2.24) is 5.32 Å². The molecule has 0 radical (unpaired) electrons. The number of hydrogen-bond acceptors (Lipinski definition) is 4. The highest BCUT2D eigenvalue weighted by Gasteiger charge is 1.99. The standard InChI is InChI=1S/C12H26N2O2/c1-2-3-4-5-6-7-9-14-11-12(15)16-10-8-13/h14H,2-11,13H2,1H3. The molecule has 0 atom stereocenters. The van der Waals surface area contributed by atoms with Gasteiger partial charge in [0.2, 0.25) is 0 Å². The van der Waals surface area contributed by atoms with E-state index in [1.54, 1.807) is 0 Å². The Morgan fingerprint density at radius 3 is 2.56 bits per heavy atom. The van der Waals surface area contributed by atoms with Crippen LogP contribution in [0.5, 0.6) is 0 Å². The maximum absolute atomic E-state index is 11.0. The molecule has 0 aliphatic carbocycles. The molecule has 0 heterocycles. The molecule has 0 saturated carbocycles. The van der Waals surface area contributed by atoms with E-state index in [0.29, 0.717) is 19.7 Å². The van der Waals surface area contributed by atoms with Gasteiger partial charge in [0.1, 0.15) is 6.61 Å².